The summed E-state index contributed by atoms with van der Waals surface area (Å²) in [6, 6.07) is 0. The Morgan fingerprint density at radius 2 is 1.79 bits per heavy atom. The van der Waals surface area contributed by atoms with Gasteiger partial charge in [0.1, 0.15) is 0 Å². The van der Waals surface area contributed by atoms with Crippen LogP contribution in [0.3, 0.4) is 0 Å². The number of fused-ring (bicyclic) bond motifs is 5. The third-order valence-electron chi connectivity index (χ3n) is 9.88. The van der Waals surface area contributed by atoms with Gasteiger partial charge in [-0.05, 0) is 113 Å². The Hall–Kier alpha value is -0.340. The average molecular weight is 389 g/mol. The molecule has 0 aliphatic heterocycles. The maximum Gasteiger partial charge on any atom is 0.0724 e. The van der Waals surface area contributed by atoms with Gasteiger partial charge in [0, 0.05) is 0 Å². The molecule has 0 radical (unpaired) electrons. The van der Waals surface area contributed by atoms with Gasteiger partial charge >= 0.3 is 0 Å². The molecule has 0 saturated heterocycles. The maximum atomic E-state index is 10.1. The molecule has 0 amide bonds. The number of aliphatic hydroxyl groups excluding tert-OH is 1. The first kappa shape index (κ1) is 20.9. The molecule has 4 rings (SSSR count). The molecule has 0 aromatic heterocycles. The Morgan fingerprint density at radius 1 is 1.00 bits per heavy atom. The van der Waals surface area contributed by atoms with E-state index in [1.165, 1.54) is 64.2 Å². The molecule has 7 atom stereocenters. The van der Waals surface area contributed by atoms with Gasteiger partial charge in [-0.25, -0.2) is 0 Å². The van der Waals surface area contributed by atoms with Crippen LogP contribution in [0.2, 0.25) is 0 Å². The van der Waals surface area contributed by atoms with Gasteiger partial charge in [-0.2, -0.15) is 0 Å². The minimum absolute atomic E-state index is 0.187. The van der Waals surface area contributed by atoms with Crippen LogP contribution in [-0.4, -0.2) is 21.9 Å². The second-order valence-electron chi connectivity index (χ2n) is 12.0. The van der Waals surface area contributed by atoms with Gasteiger partial charge in [-0.3, -0.25) is 0 Å². The van der Waals surface area contributed by atoms with Gasteiger partial charge in [0.05, 0.1) is 11.7 Å². The van der Waals surface area contributed by atoms with Crippen molar-refractivity contribution in [3.05, 3.63) is 11.6 Å². The summed E-state index contributed by atoms with van der Waals surface area (Å²) in [4.78, 5) is 0. The predicted octanol–water partition coefficient (Wildman–Crippen LogP) is 6.26. The molecule has 2 N–H and O–H groups in total. The lowest BCUT2D eigenvalue weighted by Crippen LogP contribution is -2.50. The number of rotatable bonds is 5. The van der Waals surface area contributed by atoms with Crippen molar-refractivity contribution in [2.24, 2.45) is 34.5 Å². The molecule has 3 saturated carbocycles. The molecule has 3 fully saturated rings. The van der Waals surface area contributed by atoms with Crippen LogP contribution in [0.1, 0.15) is 105 Å². The van der Waals surface area contributed by atoms with Crippen LogP contribution in [0.5, 0.6) is 0 Å². The molecule has 6 unspecified atom stereocenters. The summed E-state index contributed by atoms with van der Waals surface area (Å²) in [5.74, 6) is 3.60. The molecule has 0 aromatic rings. The molecule has 0 heterocycles. The van der Waals surface area contributed by atoms with Gasteiger partial charge in [0.15, 0.2) is 0 Å². The Kier molecular flexibility index (Phi) is 5.54. The van der Waals surface area contributed by atoms with E-state index in [2.05, 4.69) is 19.9 Å². The van der Waals surface area contributed by atoms with Crippen LogP contribution in [0.25, 0.3) is 0 Å². The lowest BCUT2D eigenvalue weighted by Gasteiger charge is -2.58. The number of aliphatic hydroxyl groups is 2. The number of hydrogen-bond acceptors (Lipinski definition) is 2. The van der Waals surface area contributed by atoms with E-state index in [0.29, 0.717) is 10.8 Å². The van der Waals surface area contributed by atoms with Crippen LogP contribution in [0.15, 0.2) is 11.6 Å². The van der Waals surface area contributed by atoms with Crippen molar-refractivity contribution in [2.75, 3.05) is 0 Å². The molecule has 28 heavy (non-hydrogen) atoms. The van der Waals surface area contributed by atoms with Crippen molar-refractivity contribution < 1.29 is 10.2 Å². The van der Waals surface area contributed by atoms with E-state index < -0.39 is 5.60 Å². The lowest BCUT2D eigenvalue weighted by atomic mass is 9.46. The summed E-state index contributed by atoms with van der Waals surface area (Å²) in [7, 11) is 0. The van der Waals surface area contributed by atoms with Crippen LogP contribution in [0.4, 0.5) is 0 Å². The summed E-state index contributed by atoms with van der Waals surface area (Å²) >= 11 is 0. The summed E-state index contributed by atoms with van der Waals surface area (Å²) in [5, 5.41) is 20.1. The zero-order valence-corrected chi connectivity index (χ0v) is 18.8. The number of allylic oxidation sites excluding steroid dienone is 1. The van der Waals surface area contributed by atoms with Gasteiger partial charge in [0.2, 0.25) is 0 Å². The smallest absolute Gasteiger partial charge is 0.0724 e. The second kappa shape index (κ2) is 7.41. The average Bonchev–Trinajstić information content (AvgIpc) is 2.95. The van der Waals surface area contributed by atoms with Crippen molar-refractivity contribution in [2.45, 2.75) is 116 Å². The Balaban J connectivity index is 1.43. The molecule has 4 aliphatic rings. The van der Waals surface area contributed by atoms with Gasteiger partial charge in [-0.1, -0.05) is 38.3 Å². The predicted molar refractivity (Wildman–Crippen MR) is 116 cm³/mol. The highest BCUT2D eigenvalue weighted by molar-refractivity contribution is 5.25. The van der Waals surface area contributed by atoms with E-state index >= 15 is 0 Å². The van der Waals surface area contributed by atoms with E-state index in [0.717, 1.165) is 36.5 Å². The Morgan fingerprint density at radius 3 is 2.54 bits per heavy atom. The fourth-order valence-corrected chi connectivity index (χ4v) is 8.24. The highest BCUT2D eigenvalue weighted by Gasteiger charge is 2.58. The van der Waals surface area contributed by atoms with E-state index in [1.54, 1.807) is 5.57 Å². The van der Waals surface area contributed by atoms with Gasteiger partial charge in [-0.15, -0.1) is 0 Å². The maximum absolute atomic E-state index is 10.1. The minimum Gasteiger partial charge on any atom is -0.390 e. The van der Waals surface area contributed by atoms with Crippen molar-refractivity contribution >= 4 is 0 Å². The number of unbranched alkanes of at least 4 members (excludes halogenated alkanes) is 1. The molecular formula is C26H44O2. The standard InChI is InChI=1S/C26H44O2/c1-24(2,28)14-6-5-7-18-9-11-22-21-10-8-19-17-20(27)12-15-26(19,4)23(21)13-16-25(18,22)3/h17-18,20-23,27-28H,5-16H2,1-4H3/t18?,20?,21-,22?,23?,25?,26?/m0/s1. The third kappa shape index (κ3) is 3.62. The first-order valence-corrected chi connectivity index (χ1v) is 12.3. The highest BCUT2D eigenvalue weighted by Crippen LogP contribution is 2.67. The molecular weight excluding hydrogens is 344 g/mol. The molecule has 4 aliphatic carbocycles. The van der Waals surface area contributed by atoms with Gasteiger partial charge < -0.3 is 10.2 Å². The van der Waals surface area contributed by atoms with Crippen LogP contribution >= 0.6 is 0 Å². The number of hydrogen-bond donors (Lipinski definition) is 2. The summed E-state index contributed by atoms with van der Waals surface area (Å²) < 4.78 is 0. The van der Waals surface area contributed by atoms with Crippen LogP contribution < -0.4 is 0 Å². The van der Waals surface area contributed by atoms with Crippen molar-refractivity contribution in [1.82, 2.24) is 0 Å². The largest absolute Gasteiger partial charge is 0.390 e. The second-order valence-corrected chi connectivity index (χ2v) is 12.0. The first-order valence-electron chi connectivity index (χ1n) is 12.3. The highest BCUT2D eigenvalue weighted by atomic mass is 16.3. The fourth-order valence-electron chi connectivity index (χ4n) is 8.24. The summed E-state index contributed by atoms with van der Waals surface area (Å²) in [5.41, 5.74) is 2.02. The van der Waals surface area contributed by atoms with E-state index in [1.807, 2.05) is 13.8 Å². The minimum atomic E-state index is -0.503. The molecule has 2 nitrogen and oxygen atoms in total. The zero-order chi connectivity index (χ0) is 20.2. The van der Waals surface area contributed by atoms with E-state index in [9.17, 15) is 10.2 Å². The topological polar surface area (TPSA) is 40.5 Å². The summed E-state index contributed by atoms with van der Waals surface area (Å²) in [6.07, 6.45) is 17.3. The Labute approximate surface area is 173 Å². The monoisotopic (exact) mass is 388 g/mol. The van der Waals surface area contributed by atoms with Crippen molar-refractivity contribution in [3.63, 3.8) is 0 Å². The van der Waals surface area contributed by atoms with E-state index in [-0.39, 0.29) is 6.10 Å². The van der Waals surface area contributed by atoms with Crippen molar-refractivity contribution in [1.29, 1.82) is 0 Å². The quantitative estimate of drug-likeness (QED) is 0.431. The normalized spacial score (nSPS) is 45.8. The molecule has 0 bridgehead atoms. The first-order chi connectivity index (χ1) is 13.1. The zero-order valence-electron chi connectivity index (χ0n) is 18.8. The van der Waals surface area contributed by atoms with Crippen molar-refractivity contribution in [3.8, 4) is 0 Å². The van der Waals surface area contributed by atoms with Crippen LogP contribution in [-0.2, 0) is 0 Å². The van der Waals surface area contributed by atoms with Gasteiger partial charge in [0.25, 0.3) is 0 Å². The SMILES string of the molecule is CC(C)(O)CCCCC1CCC2[C@@H]3CCC4=CC(O)CCC4(C)C3CCC12C. The fraction of sp³-hybridized carbons (Fsp3) is 0.923. The molecule has 0 spiro atoms. The molecule has 2 heteroatoms. The lowest BCUT2D eigenvalue weighted by molar-refractivity contribution is -0.0564. The molecule has 0 aromatic carbocycles. The Bertz CT molecular complexity index is 602. The van der Waals surface area contributed by atoms with Crippen LogP contribution in [0, 0.1) is 34.5 Å². The third-order valence-corrected chi connectivity index (χ3v) is 9.88. The molecule has 160 valence electrons. The van der Waals surface area contributed by atoms with E-state index in [4.69, 9.17) is 0 Å². The summed E-state index contributed by atoms with van der Waals surface area (Å²) in [6.45, 7) is 9.06.